The first-order valence-electron chi connectivity index (χ1n) is 17.1. The summed E-state index contributed by atoms with van der Waals surface area (Å²) in [5, 5.41) is 23.2. The van der Waals surface area contributed by atoms with Crippen LogP contribution in [0.2, 0.25) is 10.0 Å². The Labute approximate surface area is 337 Å². The van der Waals surface area contributed by atoms with Crippen LogP contribution in [0.5, 0.6) is 0 Å². The lowest BCUT2D eigenvalue weighted by atomic mass is 10.1. The zero-order valence-corrected chi connectivity index (χ0v) is 33.1. The number of aromatic nitrogens is 6. The van der Waals surface area contributed by atoms with Gasteiger partial charge in [-0.1, -0.05) is 50.9 Å². The van der Waals surface area contributed by atoms with Crippen LogP contribution in [0.1, 0.15) is 71.4 Å². The average molecular weight is 820 g/mol. The Morgan fingerprint density at radius 1 is 0.684 bits per heavy atom. The van der Waals surface area contributed by atoms with E-state index in [0.717, 1.165) is 18.2 Å². The molecule has 0 saturated heterocycles. The van der Waals surface area contributed by atoms with E-state index >= 15 is 0 Å². The molecular formula is C40H38Cl2F2N8O5. The first kappa shape index (κ1) is 43.6. The number of methoxy groups -OCH3 is 1. The molecule has 4 heterocycles. The number of benzene rings is 2. The van der Waals surface area contributed by atoms with E-state index in [-0.39, 0.29) is 45.7 Å². The highest BCUT2D eigenvalue weighted by Crippen LogP contribution is 2.32. The molecular weight excluding hydrogens is 781 g/mol. The number of pyridine rings is 2. The molecule has 4 N–H and O–H groups in total. The molecule has 0 fully saturated rings. The number of carbonyl (C=O) groups is 2. The van der Waals surface area contributed by atoms with Crippen LogP contribution in [0, 0.1) is 11.6 Å². The zero-order chi connectivity index (χ0) is 41.8. The maximum Gasteiger partial charge on any atom is 0.341 e. The van der Waals surface area contributed by atoms with Crippen molar-refractivity contribution in [3.8, 4) is 22.8 Å². The van der Waals surface area contributed by atoms with E-state index < -0.39 is 23.6 Å². The normalized spacial score (nSPS) is 10.5. The van der Waals surface area contributed by atoms with Crippen molar-refractivity contribution in [2.45, 2.75) is 39.5 Å². The number of esters is 1. The Morgan fingerprint density at radius 3 is 1.51 bits per heavy atom. The quantitative estimate of drug-likeness (QED) is 0.0959. The van der Waals surface area contributed by atoms with E-state index in [0.29, 0.717) is 33.1 Å². The average Bonchev–Trinajstić information content (AvgIpc) is 3.20. The number of anilines is 4. The van der Waals surface area contributed by atoms with Crippen molar-refractivity contribution in [1.82, 2.24) is 29.9 Å². The molecule has 17 heteroatoms. The number of aliphatic hydroxyl groups excluding tert-OH is 1. The number of hydrogen-bond donors (Lipinski definition) is 4. The van der Waals surface area contributed by atoms with Gasteiger partial charge in [0.15, 0.2) is 11.6 Å². The third-order valence-corrected chi connectivity index (χ3v) is 8.47. The van der Waals surface area contributed by atoms with Gasteiger partial charge in [0, 0.05) is 65.5 Å². The van der Waals surface area contributed by atoms with Crippen molar-refractivity contribution in [1.29, 1.82) is 0 Å². The number of carbonyl (C=O) groups excluding carboxylic acids is 1. The molecule has 0 radical (unpaired) electrons. The van der Waals surface area contributed by atoms with Crippen LogP contribution < -0.4 is 10.6 Å². The molecule has 57 heavy (non-hydrogen) atoms. The Bertz CT molecular complexity index is 2370. The molecule has 296 valence electrons. The van der Waals surface area contributed by atoms with Crippen LogP contribution in [0.15, 0.2) is 85.7 Å². The van der Waals surface area contributed by atoms with Gasteiger partial charge in [0.1, 0.15) is 34.4 Å². The predicted octanol–water partition coefficient (Wildman–Crippen LogP) is 9.49. The van der Waals surface area contributed by atoms with Crippen molar-refractivity contribution in [3.63, 3.8) is 0 Å². The van der Waals surface area contributed by atoms with Crippen molar-refractivity contribution >= 4 is 58.2 Å². The van der Waals surface area contributed by atoms with E-state index in [1.165, 1.54) is 68.2 Å². The summed E-state index contributed by atoms with van der Waals surface area (Å²) in [6.45, 7) is 7.87. The van der Waals surface area contributed by atoms with Gasteiger partial charge in [0.2, 0.25) is 0 Å². The largest absolute Gasteiger partial charge is 0.478 e. The predicted molar refractivity (Wildman–Crippen MR) is 215 cm³/mol. The Kier molecular flexibility index (Phi) is 15.4. The topological polar surface area (TPSA) is 185 Å². The van der Waals surface area contributed by atoms with Crippen LogP contribution in [0.4, 0.5) is 31.8 Å². The first-order valence-corrected chi connectivity index (χ1v) is 17.9. The molecule has 0 aliphatic heterocycles. The number of hydrogen-bond acceptors (Lipinski definition) is 12. The van der Waals surface area contributed by atoms with E-state index in [4.69, 9.17) is 33.0 Å². The Morgan fingerprint density at radius 2 is 1.11 bits per heavy atom. The third kappa shape index (κ3) is 11.0. The van der Waals surface area contributed by atoms with Gasteiger partial charge in [0.25, 0.3) is 0 Å². The lowest BCUT2D eigenvalue weighted by Gasteiger charge is -2.16. The van der Waals surface area contributed by atoms with Crippen molar-refractivity contribution in [2.24, 2.45) is 0 Å². The van der Waals surface area contributed by atoms with Crippen molar-refractivity contribution in [3.05, 3.63) is 130 Å². The summed E-state index contributed by atoms with van der Waals surface area (Å²) < 4.78 is 33.3. The van der Waals surface area contributed by atoms with E-state index in [1.807, 2.05) is 27.7 Å². The number of nitrogens with zero attached hydrogens (tertiary/aromatic N) is 6. The van der Waals surface area contributed by atoms with Crippen molar-refractivity contribution in [2.75, 3.05) is 24.9 Å². The number of aliphatic hydroxyl groups is 1. The second-order valence-corrected chi connectivity index (χ2v) is 13.3. The van der Waals surface area contributed by atoms with Crippen LogP contribution in [0.3, 0.4) is 0 Å². The molecule has 0 spiro atoms. The second-order valence-electron chi connectivity index (χ2n) is 12.4. The molecule has 2 aromatic carbocycles. The Hall–Kier alpha value is -6.16. The summed E-state index contributed by atoms with van der Waals surface area (Å²) in [6, 6.07) is 11.5. The lowest BCUT2D eigenvalue weighted by Crippen LogP contribution is -2.09. The number of halogens is 4. The van der Waals surface area contributed by atoms with Gasteiger partial charge in [0.05, 0.1) is 29.6 Å². The monoisotopic (exact) mass is 818 g/mol. The van der Waals surface area contributed by atoms with Gasteiger partial charge in [-0.25, -0.2) is 38.3 Å². The number of ether oxygens (including phenoxy) is 1. The lowest BCUT2D eigenvalue weighted by molar-refractivity contribution is 0.0600. The molecule has 0 aliphatic rings. The van der Waals surface area contributed by atoms with Crippen LogP contribution >= 0.6 is 23.2 Å². The number of nitrogens with one attached hydrogen (secondary N) is 2. The third-order valence-electron chi connectivity index (χ3n) is 8.00. The smallest absolute Gasteiger partial charge is 0.341 e. The standard InChI is InChI=1S/C20H18ClFN4O2.C19H16ClFN4O2.CH4O/c1-11(2)14-10-24-18(13-8-12(21)4-5-16(13)22)26-19(14)25-17-6-7-23-9-15(17)20(27)28-3;1-10(2)13-9-23-17(12-7-11(20)3-4-15(12)21)25-18(13)24-16-5-6-22-8-14(16)19(26)27;1-2/h4-11H,1-3H3,(H,23,24,25,26);3-10H,1-2H3,(H,26,27)(H,22,23,24,25);2H,1H3. The minimum absolute atomic E-state index is 0.00121. The van der Waals surface area contributed by atoms with Gasteiger partial charge in [-0.2, -0.15) is 0 Å². The fourth-order valence-electron chi connectivity index (χ4n) is 5.13. The minimum atomic E-state index is -1.12. The molecule has 6 rings (SSSR count). The fourth-order valence-corrected chi connectivity index (χ4v) is 5.47. The number of aromatic carboxylic acids is 1. The molecule has 0 unspecified atom stereocenters. The van der Waals surface area contributed by atoms with Crippen LogP contribution in [0.25, 0.3) is 22.8 Å². The maximum absolute atomic E-state index is 14.3. The number of rotatable bonds is 10. The van der Waals surface area contributed by atoms with E-state index in [1.54, 1.807) is 24.7 Å². The van der Waals surface area contributed by atoms with Crippen molar-refractivity contribution < 1.29 is 33.3 Å². The fraction of sp³-hybridized carbons (Fsp3) is 0.200. The van der Waals surface area contributed by atoms with E-state index in [2.05, 4.69) is 40.5 Å². The highest BCUT2D eigenvalue weighted by molar-refractivity contribution is 6.31. The second kappa shape index (κ2) is 20.1. The molecule has 0 amide bonds. The summed E-state index contributed by atoms with van der Waals surface area (Å²) in [5.41, 5.74) is 2.97. The zero-order valence-electron chi connectivity index (χ0n) is 31.6. The summed E-state index contributed by atoms with van der Waals surface area (Å²) >= 11 is 12.0. The molecule has 0 atom stereocenters. The van der Waals surface area contributed by atoms with Crippen LogP contribution in [-0.2, 0) is 4.74 Å². The van der Waals surface area contributed by atoms with Crippen LogP contribution in [-0.4, -0.2) is 66.3 Å². The molecule has 6 aromatic rings. The van der Waals surface area contributed by atoms with Gasteiger partial charge in [-0.05, 0) is 60.4 Å². The summed E-state index contributed by atoms with van der Waals surface area (Å²) in [5.74, 6) is -1.31. The number of carboxylic acid groups (broad SMARTS) is 1. The molecule has 0 saturated carbocycles. The van der Waals surface area contributed by atoms with E-state index in [9.17, 15) is 23.5 Å². The number of carboxylic acids is 1. The molecule has 4 aromatic heterocycles. The summed E-state index contributed by atoms with van der Waals surface area (Å²) in [7, 11) is 2.30. The minimum Gasteiger partial charge on any atom is -0.478 e. The van der Waals surface area contributed by atoms with Gasteiger partial charge in [-0.15, -0.1) is 0 Å². The SMILES string of the molecule is CC(C)c1cnc(-c2cc(Cl)ccc2F)nc1Nc1ccncc1C(=O)O.CO.COC(=O)c1cnccc1Nc1nc(-c2cc(Cl)ccc2F)ncc1C(C)C. The molecule has 0 bridgehead atoms. The molecule has 0 aliphatic carbocycles. The van der Waals surface area contributed by atoms with Gasteiger partial charge >= 0.3 is 11.9 Å². The Balaban J connectivity index is 0.000000242. The summed E-state index contributed by atoms with van der Waals surface area (Å²) in [4.78, 5) is 48.7. The summed E-state index contributed by atoms with van der Waals surface area (Å²) in [6.07, 6.45) is 8.90. The van der Waals surface area contributed by atoms with Gasteiger partial charge < -0.3 is 25.6 Å². The van der Waals surface area contributed by atoms with Gasteiger partial charge in [-0.3, -0.25) is 9.97 Å². The highest BCUT2D eigenvalue weighted by Gasteiger charge is 2.20. The first-order chi connectivity index (χ1) is 27.3. The molecule has 13 nitrogen and oxygen atoms in total. The highest BCUT2D eigenvalue weighted by atomic mass is 35.5. The maximum atomic E-state index is 14.3.